The van der Waals surface area contributed by atoms with Gasteiger partial charge in [0.05, 0.1) is 0 Å². The summed E-state index contributed by atoms with van der Waals surface area (Å²) in [6, 6.07) is 14.4. The molecule has 0 aliphatic heterocycles. The van der Waals surface area contributed by atoms with Crippen LogP contribution in [-0.2, 0) is 0 Å². The molecular weight excluding hydrogens is 250 g/mol. The molecule has 2 N–H and O–H groups in total. The minimum Gasteiger partial charge on any atom is -0.508 e. The van der Waals surface area contributed by atoms with Crippen LogP contribution >= 0.6 is 0 Å². The molecule has 3 heteroatoms. The molecule has 0 atom stereocenters. The van der Waals surface area contributed by atoms with E-state index in [1.165, 1.54) is 0 Å². The van der Waals surface area contributed by atoms with Crippen LogP contribution in [0.4, 0.5) is 0 Å². The van der Waals surface area contributed by atoms with Gasteiger partial charge in [0.25, 0.3) is 5.91 Å². The topological polar surface area (TPSA) is 49.3 Å². The van der Waals surface area contributed by atoms with Crippen LogP contribution in [0, 0.1) is 0 Å². The molecular formula is C17H19NO2. The van der Waals surface area contributed by atoms with Crippen molar-refractivity contribution in [2.75, 3.05) is 0 Å². The zero-order valence-electron chi connectivity index (χ0n) is 12.0. The van der Waals surface area contributed by atoms with Crippen LogP contribution in [0.5, 0.6) is 5.75 Å². The van der Waals surface area contributed by atoms with Gasteiger partial charge in [-0.25, -0.2) is 0 Å². The number of hydrogen-bond donors (Lipinski definition) is 2. The molecule has 0 aromatic heterocycles. The maximum atomic E-state index is 12.1. The summed E-state index contributed by atoms with van der Waals surface area (Å²) in [6.07, 6.45) is 0. The lowest BCUT2D eigenvalue weighted by Gasteiger charge is -2.20. The summed E-state index contributed by atoms with van der Waals surface area (Å²) >= 11 is 0. The molecule has 1 amide bonds. The van der Waals surface area contributed by atoms with Gasteiger partial charge in [0.2, 0.25) is 0 Å². The first kappa shape index (κ1) is 14.1. The molecule has 2 rings (SSSR count). The zero-order chi connectivity index (χ0) is 14.8. The number of phenols is 1. The molecule has 3 nitrogen and oxygen atoms in total. The monoisotopic (exact) mass is 269 g/mol. The molecule has 0 bridgehead atoms. The van der Waals surface area contributed by atoms with E-state index in [1.54, 1.807) is 18.2 Å². The van der Waals surface area contributed by atoms with Crippen molar-refractivity contribution < 1.29 is 9.90 Å². The second-order valence-corrected chi connectivity index (χ2v) is 5.83. The third-order valence-electron chi connectivity index (χ3n) is 2.81. The summed E-state index contributed by atoms with van der Waals surface area (Å²) < 4.78 is 0. The lowest BCUT2D eigenvalue weighted by atomic mass is 10.0. The molecule has 0 aliphatic rings. The van der Waals surface area contributed by atoms with Gasteiger partial charge in [-0.15, -0.1) is 0 Å². The van der Waals surface area contributed by atoms with Crippen LogP contribution in [0.15, 0.2) is 48.5 Å². The Balaban J connectivity index is 2.28. The van der Waals surface area contributed by atoms with Crippen molar-refractivity contribution in [1.82, 2.24) is 5.32 Å². The number of hydrogen-bond acceptors (Lipinski definition) is 2. The molecule has 0 heterocycles. The zero-order valence-corrected chi connectivity index (χ0v) is 12.0. The number of nitrogens with one attached hydrogen (secondary N) is 1. The molecule has 0 radical (unpaired) electrons. The number of carbonyl (C=O) groups is 1. The average Bonchev–Trinajstić information content (AvgIpc) is 2.38. The standard InChI is InChI=1S/C17H19NO2/c1-17(2,3)18-16(20)14-6-4-5-13(11-14)12-7-9-15(19)10-8-12/h4-11,19H,1-3H3,(H,18,20). The second kappa shape index (κ2) is 5.37. The summed E-state index contributed by atoms with van der Waals surface area (Å²) in [6.45, 7) is 5.86. The maximum Gasteiger partial charge on any atom is 0.251 e. The largest absolute Gasteiger partial charge is 0.508 e. The Hall–Kier alpha value is -2.29. The second-order valence-electron chi connectivity index (χ2n) is 5.83. The Morgan fingerprint density at radius 3 is 2.25 bits per heavy atom. The van der Waals surface area contributed by atoms with Gasteiger partial charge in [-0.1, -0.05) is 24.3 Å². The highest BCUT2D eigenvalue weighted by Crippen LogP contribution is 2.22. The lowest BCUT2D eigenvalue weighted by Crippen LogP contribution is -2.40. The number of carbonyl (C=O) groups excluding carboxylic acids is 1. The van der Waals surface area contributed by atoms with Crippen LogP contribution in [0.3, 0.4) is 0 Å². The summed E-state index contributed by atoms with van der Waals surface area (Å²) in [5.41, 5.74) is 2.29. The highest BCUT2D eigenvalue weighted by molar-refractivity contribution is 5.95. The van der Waals surface area contributed by atoms with Gasteiger partial charge < -0.3 is 10.4 Å². The van der Waals surface area contributed by atoms with E-state index in [-0.39, 0.29) is 17.2 Å². The Morgan fingerprint density at radius 1 is 1.00 bits per heavy atom. The van der Waals surface area contributed by atoms with E-state index in [1.807, 2.05) is 51.1 Å². The van der Waals surface area contributed by atoms with E-state index in [2.05, 4.69) is 5.32 Å². The van der Waals surface area contributed by atoms with Crippen LogP contribution < -0.4 is 5.32 Å². The van der Waals surface area contributed by atoms with Gasteiger partial charge in [-0.2, -0.15) is 0 Å². The third kappa shape index (κ3) is 3.60. The number of benzene rings is 2. The van der Waals surface area contributed by atoms with Gasteiger partial charge >= 0.3 is 0 Å². The van der Waals surface area contributed by atoms with E-state index in [4.69, 9.17) is 0 Å². The van der Waals surface area contributed by atoms with E-state index < -0.39 is 0 Å². The van der Waals surface area contributed by atoms with Crippen molar-refractivity contribution in [3.63, 3.8) is 0 Å². The van der Waals surface area contributed by atoms with Gasteiger partial charge in [0, 0.05) is 11.1 Å². The molecule has 2 aromatic rings. The fourth-order valence-electron chi connectivity index (χ4n) is 1.91. The Kier molecular flexibility index (Phi) is 3.79. The van der Waals surface area contributed by atoms with Gasteiger partial charge in [-0.3, -0.25) is 4.79 Å². The van der Waals surface area contributed by atoms with Crippen molar-refractivity contribution in [3.05, 3.63) is 54.1 Å². The minimum absolute atomic E-state index is 0.0851. The smallest absolute Gasteiger partial charge is 0.251 e. The molecule has 2 aromatic carbocycles. The van der Waals surface area contributed by atoms with E-state index >= 15 is 0 Å². The van der Waals surface area contributed by atoms with Crippen LogP contribution in [0.25, 0.3) is 11.1 Å². The summed E-state index contributed by atoms with van der Waals surface area (Å²) in [4.78, 5) is 12.1. The molecule has 0 spiro atoms. The Morgan fingerprint density at radius 2 is 1.65 bits per heavy atom. The number of aromatic hydroxyl groups is 1. The van der Waals surface area contributed by atoms with Crippen molar-refractivity contribution in [2.45, 2.75) is 26.3 Å². The van der Waals surface area contributed by atoms with Crippen LogP contribution in [-0.4, -0.2) is 16.6 Å². The van der Waals surface area contributed by atoms with Crippen molar-refractivity contribution in [1.29, 1.82) is 0 Å². The highest BCUT2D eigenvalue weighted by atomic mass is 16.3. The predicted octanol–water partition coefficient (Wildman–Crippen LogP) is 3.59. The first-order chi connectivity index (χ1) is 9.35. The molecule has 0 unspecified atom stereocenters. The Labute approximate surface area is 119 Å². The van der Waals surface area contributed by atoms with E-state index in [0.29, 0.717) is 5.56 Å². The molecule has 0 saturated heterocycles. The lowest BCUT2D eigenvalue weighted by molar-refractivity contribution is 0.0919. The highest BCUT2D eigenvalue weighted by Gasteiger charge is 2.15. The SMILES string of the molecule is CC(C)(C)NC(=O)c1cccc(-c2ccc(O)cc2)c1. The first-order valence-corrected chi connectivity index (χ1v) is 6.57. The van der Waals surface area contributed by atoms with E-state index in [9.17, 15) is 9.90 Å². The van der Waals surface area contributed by atoms with Crippen LogP contribution in [0.2, 0.25) is 0 Å². The van der Waals surface area contributed by atoms with Crippen LogP contribution in [0.1, 0.15) is 31.1 Å². The molecule has 0 fully saturated rings. The normalized spacial score (nSPS) is 11.2. The average molecular weight is 269 g/mol. The first-order valence-electron chi connectivity index (χ1n) is 6.57. The predicted molar refractivity (Wildman–Crippen MR) is 80.8 cm³/mol. The van der Waals surface area contributed by atoms with Crippen molar-refractivity contribution in [3.8, 4) is 16.9 Å². The molecule has 104 valence electrons. The van der Waals surface area contributed by atoms with E-state index in [0.717, 1.165) is 11.1 Å². The fourth-order valence-corrected chi connectivity index (χ4v) is 1.91. The molecule has 0 aliphatic carbocycles. The van der Waals surface area contributed by atoms with Gasteiger partial charge in [-0.05, 0) is 56.2 Å². The summed E-state index contributed by atoms with van der Waals surface area (Å²) in [7, 11) is 0. The number of phenolic OH excluding ortho intramolecular Hbond substituents is 1. The molecule has 0 saturated carbocycles. The maximum absolute atomic E-state index is 12.1. The number of rotatable bonds is 2. The van der Waals surface area contributed by atoms with Crippen molar-refractivity contribution >= 4 is 5.91 Å². The molecule has 20 heavy (non-hydrogen) atoms. The summed E-state index contributed by atoms with van der Waals surface area (Å²) in [5, 5.41) is 12.3. The fraction of sp³-hybridized carbons (Fsp3) is 0.235. The quantitative estimate of drug-likeness (QED) is 0.875. The summed E-state index contributed by atoms with van der Waals surface area (Å²) in [5.74, 6) is 0.147. The van der Waals surface area contributed by atoms with Gasteiger partial charge in [0.1, 0.15) is 5.75 Å². The van der Waals surface area contributed by atoms with Gasteiger partial charge in [0.15, 0.2) is 0 Å². The number of amides is 1. The van der Waals surface area contributed by atoms with Crippen molar-refractivity contribution in [2.24, 2.45) is 0 Å². The minimum atomic E-state index is -0.258. The third-order valence-corrected chi connectivity index (χ3v) is 2.81. The Bertz CT molecular complexity index is 610.